The summed E-state index contributed by atoms with van der Waals surface area (Å²) in [5.74, 6) is -0.133. The summed E-state index contributed by atoms with van der Waals surface area (Å²) in [6.07, 6.45) is 1.40. The van der Waals surface area contributed by atoms with E-state index in [0.717, 1.165) is 12.1 Å². The van der Waals surface area contributed by atoms with Crippen molar-refractivity contribution in [3.8, 4) is 0 Å². The van der Waals surface area contributed by atoms with Crippen LogP contribution in [0.15, 0.2) is 18.2 Å². The summed E-state index contributed by atoms with van der Waals surface area (Å²) >= 11 is 6.17. The molecule has 23 heavy (non-hydrogen) atoms. The number of hydrogen-bond donors (Lipinski definition) is 1. The van der Waals surface area contributed by atoms with Gasteiger partial charge in [0.15, 0.2) is 0 Å². The average molecular weight is 338 g/mol. The summed E-state index contributed by atoms with van der Waals surface area (Å²) < 4.78 is 0. The molecule has 0 unspecified atom stereocenters. The van der Waals surface area contributed by atoms with Crippen molar-refractivity contribution in [1.29, 1.82) is 0 Å². The normalized spacial score (nSPS) is 15.4. The third-order valence-corrected chi connectivity index (χ3v) is 4.80. The Kier molecular flexibility index (Phi) is 5.32. The van der Waals surface area contributed by atoms with Crippen LogP contribution in [0.25, 0.3) is 0 Å². The SMILES string of the molecule is CN(C)C(C)(C)CNC(=O)c1cc(N2CCCC2=O)ccc1Cl. The van der Waals surface area contributed by atoms with Gasteiger partial charge in [-0.25, -0.2) is 0 Å². The van der Waals surface area contributed by atoms with Crippen LogP contribution in [-0.2, 0) is 4.79 Å². The molecule has 6 heteroatoms. The second-order valence-corrected chi connectivity index (χ2v) is 7.11. The Morgan fingerprint density at radius 1 is 1.39 bits per heavy atom. The first kappa shape index (κ1) is 17.8. The molecule has 0 atom stereocenters. The molecule has 1 aliphatic rings. The minimum atomic E-state index is -0.224. The fourth-order valence-corrected chi connectivity index (χ4v) is 2.53. The Hall–Kier alpha value is -1.59. The zero-order valence-electron chi connectivity index (χ0n) is 14.1. The van der Waals surface area contributed by atoms with Crippen LogP contribution in [0.5, 0.6) is 0 Å². The fraction of sp³-hybridized carbons (Fsp3) is 0.529. The van der Waals surface area contributed by atoms with E-state index < -0.39 is 0 Å². The number of nitrogens with zero attached hydrogens (tertiary/aromatic N) is 2. The highest BCUT2D eigenvalue weighted by Crippen LogP contribution is 2.26. The predicted octanol–water partition coefficient (Wildman–Crippen LogP) is 2.54. The third-order valence-electron chi connectivity index (χ3n) is 4.47. The Labute approximate surface area is 142 Å². The quantitative estimate of drug-likeness (QED) is 0.898. The lowest BCUT2D eigenvalue weighted by Crippen LogP contribution is -2.48. The van der Waals surface area contributed by atoms with Gasteiger partial charge >= 0.3 is 0 Å². The maximum Gasteiger partial charge on any atom is 0.252 e. The molecule has 1 aromatic rings. The molecule has 0 spiro atoms. The molecular weight excluding hydrogens is 314 g/mol. The van der Waals surface area contributed by atoms with E-state index in [9.17, 15) is 9.59 Å². The summed E-state index contributed by atoms with van der Waals surface area (Å²) in [5, 5.41) is 3.31. The standard InChI is InChI=1S/C17H24ClN3O2/c1-17(2,20(3)4)11-19-16(23)13-10-12(7-8-14(13)18)21-9-5-6-15(21)22/h7-8,10H,5-6,9,11H2,1-4H3,(H,19,23). The van der Waals surface area contributed by atoms with Gasteiger partial charge in [-0.3, -0.25) is 9.59 Å². The molecule has 2 amide bonds. The van der Waals surface area contributed by atoms with E-state index in [1.165, 1.54) is 0 Å². The summed E-state index contributed by atoms with van der Waals surface area (Å²) in [4.78, 5) is 28.1. The fourth-order valence-electron chi connectivity index (χ4n) is 2.33. The molecular formula is C17H24ClN3O2. The van der Waals surface area contributed by atoms with Gasteiger partial charge in [0.25, 0.3) is 5.91 Å². The van der Waals surface area contributed by atoms with Crippen molar-refractivity contribution >= 4 is 29.1 Å². The molecule has 1 saturated heterocycles. The lowest BCUT2D eigenvalue weighted by atomic mass is 10.0. The van der Waals surface area contributed by atoms with Gasteiger partial charge in [0.1, 0.15) is 0 Å². The van der Waals surface area contributed by atoms with Crippen LogP contribution in [-0.4, -0.2) is 49.4 Å². The van der Waals surface area contributed by atoms with Gasteiger partial charge in [-0.2, -0.15) is 0 Å². The minimum Gasteiger partial charge on any atom is -0.350 e. The zero-order chi connectivity index (χ0) is 17.2. The number of hydrogen-bond acceptors (Lipinski definition) is 3. The topological polar surface area (TPSA) is 52.7 Å². The molecule has 1 aromatic carbocycles. The largest absolute Gasteiger partial charge is 0.350 e. The van der Waals surface area contributed by atoms with E-state index in [4.69, 9.17) is 11.6 Å². The number of amides is 2. The first-order valence-corrected chi connectivity index (χ1v) is 8.16. The highest BCUT2D eigenvalue weighted by atomic mass is 35.5. The Morgan fingerprint density at radius 3 is 2.65 bits per heavy atom. The molecule has 1 fully saturated rings. The van der Waals surface area contributed by atoms with Crippen molar-refractivity contribution in [2.45, 2.75) is 32.2 Å². The monoisotopic (exact) mass is 337 g/mol. The number of carbonyl (C=O) groups excluding carboxylic acids is 2. The van der Waals surface area contributed by atoms with E-state index in [2.05, 4.69) is 5.32 Å². The molecule has 1 aliphatic heterocycles. The lowest BCUT2D eigenvalue weighted by Gasteiger charge is -2.32. The molecule has 0 bridgehead atoms. The number of likely N-dealkylation sites (N-methyl/N-ethyl adjacent to an activating group) is 1. The second kappa shape index (κ2) is 6.89. The van der Waals surface area contributed by atoms with Crippen LogP contribution in [0.4, 0.5) is 5.69 Å². The smallest absolute Gasteiger partial charge is 0.252 e. The van der Waals surface area contributed by atoms with E-state index in [0.29, 0.717) is 30.1 Å². The van der Waals surface area contributed by atoms with Gasteiger partial charge in [-0.05, 0) is 52.6 Å². The van der Waals surface area contributed by atoms with Crippen molar-refractivity contribution in [2.24, 2.45) is 0 Å². The maximum atomic E-state index is 12.5. The predicted molar refractivity (Wildman–Crippen MR) is 93.1 cm³/mol. The van der Waals surface area contributed by atoms with Crippen LogP contribution in [0, 0.1) is 0 Å². The van der Waals surface area contributed by atoms with Crippen molar-refractivity contribution in [3.63, 3.8) is 0 Å². The van der Waals surface area contributed by atoms with Gasteiger partial charge < -0.3 is 15.1 Å². The number of rotatable bonds is 5. The summed E-state index contributed by atoms with van der Waals surface area (Å²) in [6, 6.07) is 5.16. The highest BCUT2D eigenvalue weighted by molar-refractivity contribution is 6.34. The summed E-state index contributed by atoms with van der Waals surface area (Å²) in [6.45, 7) is 5.29. The first-order valence-electron chi connectivity index (χ1n) is 7.78. The Balaban J connectivity index is 2.15. The van der Waals surface area contributed by atoms with Gasteiger partial charge in [0.05, 0.1) is 10.6 Å². The lowest BCUT2D eigenvalue weighted by molar-refractivity contribution is -0.117. The van der Waals surface area contributed by atoms with E-state index >= 15 is 0 Å². The number of benzene rings is 1. The molecule has 0 aliphatic carbocycles. The third kappa shape index (κ3) is 4.03. The van der Waals surface area contributed by atoms with E-state index in [-0.39, 0.29) is 17.4 Å². The molecule has 0 radical (unpaired) electrons. The van der Waals surface area contributed by atoms with Crippen LogP contribution >= 0.6 is 11.6 Å². The molecule has 1 N–H and O–H groups in total. The van der Waals surface area contributed by atoms with Crippen molar-refractivity contribution < 1.29 is 9.59 Å². The number of carbonyl (C=O) groups is 2. The van der Waals surface area contributed by atoms with Gasteiger partial charge in [-0.1, -0.05) is 11.6 Å². The first-order chi connectivity index (χ1) is 10.7. The van der Waals surface area contributed by atoms with Crippen molar-refractivity contribution in [2.75, 3.05) is 32.1 Å². The molecule has 126 valence electrons. The molecule has 1 heterocycles. The van der Waals surface area contributed by atoms with Gasteiger partial charge in [-0.15, -0.1) is 0 Å². The van der Waals surface area contributed by atoms with Crippen LogP contribution in [0.1, 0.15) is 37.0 Å². The number of anilines is 1. The highest BCUT2D eigenvalue weighted by Gasteiger charge is 2.25. The van der Waals surface area contributed by atoms with Crippen molar-refractivity contribution in [3.05, 3.63) is 28.8 Å². The van der Waals surface area contributed by atoms with Crippen LogP contribution < -0.4 is 10.2 Å². The maximum absolute atomic E-state index is 12.5. The Bertz CT molecular complexity index is 614. The van der Waals surface area contributed by atoms with Crippen LogP contribution in [0.2, 0.25) is 5.02 Å². The summed E-state index contributed by atoms with van der Waals surface area (Å²) in [5.41, 5.74) is 0.970. The molecule has 2 rings (SSSR count). The number of nitrogens with one attached hydrogen (secondary N) is 1. The Morgan fingerprint density at radius 2 is 2.09 bits per heavy atom. The molecule has 0 saturated carbocycles. The second-order valence-electron chi connectivity index (χ2n) is 6.70. The van der Waals surface area contributed by atoms with Gasteiger partial charge in [0.2, 0.25) is 5.91 Å². The van der Waals surface area contributed by atoms with E-state index in [1.54, 1.807) is 23.1 Å². The zero-order valence-corrected chi connectivity index (χ0v) is 14.9. The number of halogens is 1. The van der Waals surface area contributed by atoms with Crippen molar-refractivity contribution in [1.82, 2.24) is 10.2 Å². The molecule has 0 aromatic heterocycles. The molecule has 5 nitrogen and oxygen atoms in total. The van der Waals surface area contributed by atoms with Gasteiger partial charge in [0, 0.05) is 30.7 Å². The van der Waals surface area contributed by atoms with E-state index in [1.807, 2.05) is 32.8 Å². The average Bonchev–Trinajstić information content (AvgIpc) is 2.91. The summed E-state index contributed by atoms with van der Waals surface area (Å²) in [7, 11) is 3.94. The van der Waals surface area contributed by atoms with Crippen LogP contribution in [0.3, 0.4) is 0 Å². The minimum absolute atomic E-state index is 0.0902.